The van der Waals surface area contributed by atoms with E-state index >= 15 is 0 Å². The van der Waals surface area contributed by atoms with Crippen LogP contribution in [-0.2, 0) is 6.54 Å². The molecule has 2 heterocycles. The molecule has 0 unspecified atom stereocenters. The van der Waals surface area contributed by atoms with E-state index in [1.807, 2.05) is 36.5 Å². The van der Waals surface area contributed by atoms with Crippen molar-refractivity contribution in [2.75, 3.05) is 0 Å². The average Bonchev–Trinajstić information content (AvgIpc) is 3.10. The molecule has 0 bridgehead atoms. The highest BCUT2D eigenvalue weighted by molar-refractivity contribution is 5.92. The monoisotopic (exact) mass is 332 g/mol. The van der Waals surface area contributed by atoms with Crippen molar-refractivity contribution in [3.8, 4) is 0 Å². The molecule has 3 aromatic rings. The Morgan fingerprint density at radius 3 is 2.80 bits per heavy atom. The summed E-state index contributed by atoms with van der Waals surface area (Å²) in [5.41, 5.74) is 4.57. The van der Waals surface area contributed by atoms with Gasteiger partial charge in [0.05, 0.1) is 12.7 Å². The third kappa shape index (κ3) is 4.93. The Labute approximate surface area is 144 Å². The summed E-state index contributed by atoms with van der Waals surface area (Å²) >= 11 is 0. The highest BCUT2D eigenvalue weighted by Gasteiger charge is 2.03. The van der Waals surface area contributed by atoms with Crippen LogP contribution in [0.4, 0.5) is 0 Å². The van der Waals surface area contributed by atoms with Gasteiger partial charge in [-0.1, -0.05) is 41.6 Å². The van der Waals surface area contributed by atoms with Crippen molar-refractivity contribution >= 4 is 18.2 Å². The van der Waals surface area contributed by atoms with E-state index in [4.69, 9.17) is 0 Å². The third-order valence-electron chi connectivity index (χ3n) is 3.23. The van der Waals surface area contributed by atoms with Gasteiger partial charge in [-0.2, -0.15) is 5.10 Å². The Hall–Kier alpha value is -3.61. The number of hydrogen-bond acceptors (Lipinski definition) is 5. The predicted octanol–water partition coefficient (Wildman–Crippen LogP) is 2.15. The molecular weight excluding hydrogens is 316 g/mol. The molecule has 2 aromatic heterocycles. The number of hydrogen-bond donors (Lipinski definition) is 1. The number of carbonyl (C=O) groups excluding carboxylic acids is 1. The van der Waals surface area contributed by atoms with Crippen molar-refractivity contribution in [1.82, 2.24) is 25.4 Å². The van der Waals surface area contributed by atoms with E-state index < -0.39 is 0 Å². The number of nitrogens with one attached hydrogen (secondary N) is 1. The van der Waals surface area contributed by atoms with Crippen LogP contribution < -0.4 is 5.43 Å². The Morgan fingerprint density at radius 2 is 2.00 bits per heavy atom. The molecule has 7 nitrogen and oxygen atoms in total. The molecule has 0 radical (unpaired) electrons. The van der Waals surface area contributed by atoms with Gasteiger partial charge >= 0.3 is 0 Å². The van der Waals surface area contributed by atoms with Crippen LogP contribution in [0.2, 0.25) is 0 Å². The molecule has 0 saturated carbocycles. The standard InChI is InChI=1S/C18H16N6O/c25-18(17-10-4-5-11-19-17)22-20-12-6-9-16-14-24(23-21-16)13-15-7-2-1-3-8-15/h1-12,14H,13H2,(H,22,25)/b9-6+,20-12-. The summed E-state index contributed by atoms with van der Waals surface area (Å²) in [6.07, 6.45) is 8.29. The van der Waals surface area contributed by atoms with Gasteiger partial charge in [-0.05, 0) is 29.8 Å². The van der Waals surface area contributed by atoms with E-state index in [9.17, 15) is 4.79 Å². The van der Waals surface area contributed by atoms with Gasteiger partial charge in [0.2, 0.25) is 0 Å². The van der Waals surface area contributed by atoms with Gasteiger partial charge < -0.3 is 0 Å². The number of pyridine rings is 1. The number of hydrazone groups is 1. The van der Waals surface area contributed by atoms with Crippen LogP contribution in [-0.4, -0.2) is 32.1 Å². The summed E-state index contributed by atoms with van der Waals surface area (Å²) in [5, 5.41) is 12.0. The second kappa shape index (κ2) is 8.30. The second-order valence-electron chi connectivity index (χ2n) is 5.12. The first-order chi connectivity index (χ1) is 12.3. The van der Waals surface area contributed by atoms with Crippen molar-refractivity contribution in [1.29, 1.82) is 0 Å². The van der Waals surface area contributed by atoms with Crippen LogP contribution in [0.5, 0.6) is 0 Å². The zero-order valence-electron chi connectivity index (χ0n) is 13.4. The van der Waals surface area contributed by atoms with Crippen LogP contribution in [0.15, 0.2) is 72.1 Å². The molecule has 0 aliphatic heterocycles. The van der Waals surface area contributed by atoms with Crippen molar-refractivity contribution in [2.24, 2.45) is 5.10 Å². The highest BCUT2D eigenvalue weighted by Crippen LogP contribution is 2.03. The van der Waals surface area contributed by atoms with E-state index in [1.54, 1.807) is 41.2 Å². The van der Waals surface area contributed by atoms with E-state index in [0.717, 1.165) is 5.56 Å². The van der Waals surface area contributed by atoms with E-state index in [0.29, 0.717) is 17.9 Å². The van der Waals surface area contributed by atoms with Crippen molar-refractivity contribution in [3.05, 3.63) is 84.0 Å². The minimum absolute atomic E-state index is 0.312. The van der Waals surface area contributed by atoms with Gasteiger partial charge in [0.25, 0.3) is 5.91 Å². The van der Waals surface area contributed by atoms with Gasteiger partial charge in [-0.15, -0.1) is 5.10 Å². The van der Waals surface area contributed by atoms with Crippen LogP contribution in [0.1, 0.15) is 21.7 Å². The second-order valence-corrected chi connectivity index (χ2v) is 5.12. The summed E-state index contributed by atoms with van der Waals surface area (Å²) in [6, 6.07) is 15.1. The first-order valence-electron chi connectivity index (χ1n) is 7.66. The Bertz CT molecular complexity index is 871. The lowest BCUT2D eigenvalue weighted by Crippen LogP contribution is -2.18. The molecule has 0 atom stereocenters. The van der Waals surface area contributed by atoms with Crippen molar-refractivity contribution in [2.45, 2.75) is 6.54 Å². The minimum atomic E-state index is -0.362. The van der Waals surface area contributed by atoms with Crippen LogP contribution in [0, 0.1) is 0 Å². The fraction of sp³-hybridized carbons (Fsp3) is 0.0556. The zero-order valence-corrected chi connectivity index (χ0v) is 13.4. The van der Waals surface area contributed by atoms with Gasteiger partial charge in [-0.25, -0.2) is 10.1 Å². The molecule has 0 fully saturated rings. The topological polar surface area (TPSA) is 85.1 Å². The zero-order chi connectivity index (χ0) is 17.3. The van der Waals surface area contributed by atoms with Crippen molar-refractivity contribution < 1.29 is 4.79 Å². The molecule has 7 heteroatoms. The predicted molar refractivity (Wildman–Crippen MR) is 94.8 cm³/mol. The molecule has 1 aromatic carbocycles. The smallest absolute Gasteiger partial charge is 0.266 e. The number of benzene rings is 1. The summed E-state index contributed by atoms with van der Waals surface area (Å²) in [7, 11) is 0. The molecule has 1 amide bonds. The van der Waals surface area contributed by atoms with E-state index in [-0.39, 0.29) is 5.91 Å². The van der Waals surface area contributed by atoms with Gasteiger partial charge in [0, 0.05) is 12.4 Å². The molecule has 0 aliphatic carbocycles. The quantitative estimate of drug-likeness (QED) is 0.554. The van der Waals surface area contributed by atoms with Gasteiger partial charge in [0.15, 0.2) is 0 Å². The molecule has 1 N–H and O–H groups in total. The number of nitrogens with zero attached hydrogens (tertiary/aromatic N) is 5. The SMILES string of the molecule is O=C(N/N=C\C=C\c1cn(Cc2ccccc2)nn1)c1ccccn1. The Kier molecular flexibility index (Phi) is 5.40. The average molecular weight is 332 g/mol. The molecule has 3 rings (SSSR count). The van der Waals surface area contributed by atoms with Gasteiger partial charge in [0.1, 0.15) is 11.4 Å². The first-order valence-corrected chi connectivity index (χ1v) is 7.66. The maximum Gasteiger partial charge on any atom is 0.289 e. The minimum Gasteiger partial charge on any atom is -0.266 e. The molecule has 0 spiro atoms. The Morgan fingerprint density at radius 1 is 1.16 bits per heavy atom. The Balaban J connectivity index is 1.50. The van der Waals surface area contributed by atoms with Crippen LogP contribution in [0.3, 0.4) is 0 Å². The maximum absolute atomic E-state index is 11.7. The summed E-state index contributed by atoms with van der Waals surface area (Å²) < 4.78 is 1.76. The summed E-state index contributed by atoms with van der Waals surface area (Å²) in [6.45, 7) is 0.663. The number of amides is 1. The van der Waals surface area contributed by atoms with E-state index in [1.165, 1.54) is 6.21 Å². The normalized spacial score (nSPS) is 11.2. The molecule has 25 heavy (non-hydrogen) atoms. The maximum atomic E-state index is 11.7. The van der Waals surface area contributed by atoms with Crippen LogP contribution >= 0.6 is 0 Å². The highest BCUT2D eigenvalue weighted by atomic mass is 16.2. The number of allylic oxidation sites excluding steroid dienone is 1. The molecular formula is C18H16N6O. The summed E-state index contributed by atoms with van der Waals surface area (Å²) in [4.78, 5) is 15.7. The lowest BCUT2D eigenvalue weighted by molar-refractivity contribution is 0.0950. The summed E-state index contributed by atoms with van der Waals surface area (Å²) in [5.74, 6) is -0.362. The molecule has 124 valence electrons. The van der Waals surface area contributed by atoms with Gasteiger partial charge in [-0.3, -0.25) is 9.78 Å². The number of carbonyl (C=O) groups is 1. The van der Waals surface area contributed by atoms with E-state index in [2.05, 4.69) is 25.8 Å². The van der Waals surface area contributed by atoms with Crippen molar-refractivity contribution in [3.63, 3.8) is 0 Å². The fourth-order valence-electron chi connectivity index (χ4n) is 2.07. The lowest BCUT2D eigenvalue weighted by Gasteiger charge is -1.98. The number of rotatable bonds is 6. The molecule has 0 saturated heterocycles. The first kappa shape index (κ1) is 16.3. The largest absolute Gasteiger partial charge is 0.289 e. The third-order valence-corrected chi connectivity index (χ3v) is 3.23. The fourth-order valence-corrected chi connectivity index (χ4v) is 2.07. The molecule has 0 aliphatic rings. The number of aromatic nitrogens is 4. The lowest BCUT2D eigenvalue weighted by atomic mass is 10.2. The van der Waals surface area contributed by atoms with Crippen LogP contribution in [0.25, 0.3) is 6.08 Å².